The number of carbonyl (C=O) groups excluding carboxylic acids is 2. The van der Waals surface area contributed by atoms with Crippen molar-refractivity contribution in [2.24, 2.45) is 5.92 Å². The van der Waals surface area contributed by atoms with Crippen LogP contribution in [0.3, 0.4) is 0 Å². The third-order valence-corrected chi connectivity index (χ3v) is 7.44. The van der Waals surface area contributed by atoms with Crippen LogP contribution in [0.5, 0.6) is 5.75 Å². The zero-order chi connectivity index (χ0) is 25.9. The van der Waals surface area contributed by atoms with Gasteiger partial charge in [-0.3, -0.25) is 9.59 Å². The van der Waals surface area contributed by atoms with E-state index in [0.717, 1.165) is 22.0 Å². The Hall–Kier alpha value is -3.77. The minimum Gasteiger partial charge on any atom is -0.489 e. The molecule has 4 aromatic rings. The Morgan fingerprint density at radius 3 is 2.51 bits per heavy atom. The van der Waals surface area contributed by atoms with Crippen molar-refractivity contribution >= 4 is 40.0 Å². The van der Waals surface area contributed by atoms with E-state index in [9.17, 15) is 9.59 Å². The number of fused-ring (bicyclic) bond motifs is 2. The Labute approximate surface area is 221 Å². The predicted molar refractivity (Wildman–Crippen MR) is 147 cm³/mol. The molecule has 5 rings (SSSR count). The van der Waals surface area contributed by atoms with Gasteiger partial charge in [0, 0.05) is 28.9 Å². The molecule has 1 aliphatic heterocycles. The minimum absolute atomic E-state index is 0.0675. The fourth-order valence-corrected chi connectivity index (χ4v) is 5.00. The third kappa shape index (κ3) is 4.94. The summed E-state index contributed by atoms with van der Waals surface area (Å²) in [7, 11) is 0. The maximum Gasteiger partial charge on any atom is 0.253 e. The third-order valence-electron chi connectivity index (χ3n) is 7.01. The summed E-state index contributed by atoms with van der Waals surface area (Å²) in [6, 6.07) is 24.9. The van der Waals surface area contributed by atoms with Gasteiger partial charge in [0.05, 0.1) is 12.2 Å². The topological polar surface area (TPSA) is 63.6 Å². The van der Waals surface area contributed by atoms with E-state index in [4.69, 9.17) is 16.3 Å². The van der Waals surface area contributed by atoms with Gasteiger partial charge in [-0.25, -0.2) is 0 Å². The molecule has 0 aliphatic carbocycles. The molecule has 2 atom stereocenters. The van der Waals surface area contributed by atoms with E-state index in [-0.39, 0.29) is 30.9 Å². The second kappa shape index (κ2) is 10.7. The number of nitrogens with zero attached hydrogens (tertiary/aromatic N) is 2. The smallest absolute Gasteiger partial charge is 0.253 e. The van der Waals surface area contributed by atoms with Crippen LogP contribution in [0, 0.1) is 5.92 Å². The summed E-state index contributed by atoms with van der Waals surface area (Å²) in [5, 5.41) is 4.48. The molecule has 190 valence electrons. The van der Waals surface area contributed by atoms with Gasteiger partial charge in [-0.05, 0) is 30.2 Å². The highest BCUT2D eigenvalue weighted by molar-refractivity contribution is 6.32. The maximum atomic E-state index is 13.9. The summed E-state index contributed by atoms with van der Waals surface area (Å²) >= 11 is 7.04. The quantitative estimate of drug-likeness (QED) is 0.338. The molecule has 1 N–H and O–H groups in total. The van der Waals surface area contributed by atoms with Crippen molar-refractivity contribution in [1.82, 2.24) is 9.88 Å². The van der Waals surface area contributed by atoms with E-state index in [0.29, 0.717) is 29.6 Å². The van der Waals surface area contributed by atoms with Gasteiger partial charge >= 0.3 is 0 Å². The number of hydrogen-bond donors (Lipinski definition) is 1. The Balaban J connectivity index is 1.55. The first kappa shape index (κ1) is 24.9. The van der Waals surface area contributed by atoms with Crippen LogP contribution < -0.4 is 15.0 Å². The number of halogens is 1. The number of anilines is 1. The summed E-state index contributed by atoms with van der Waals surface area (Å²) < 4.78 is 8.08. The largest absolute Gasteiger partial charge is 0.489 e. The first-order chi connectivity index (χ1) is 18.0. The van der Waals surface area contributed by atoms with Gasteiger partial charge in [0.2, 0.25) is 5.91 Å². The summed E-state index contributed by atoms with van der Waals surface area (Å²) in [6.07, 6.45) is 0.689. The van der Waals surface area contributed by atoms with Crippen LogP contribution in [0.25, 0.3) is 10.9 Å². The lowest BCUT2D eigenvalue weighted by molar-refractivity contribution is -0.130. The monoisotopic (exact) mass is 515 g/mol. The number of aromatic nitrogens is 1. The molecular formula is C30H30ClN3O3. The van der Waals surface area contributed by atoms with E-state index in [2.05, 4.69) is 22.0 Å². The molecule has 7 heteroatoms. The molecule has 0 spiro atoms. The summed E-state index contributed by atoms with van der Waals surface area (Å²) in [4.78, 5) is 28.3. The number of carbonyl (C=O) groups is 2. The van der Waals surface area contributed by atoms with Gasteiger partial charge in [0.1, 0.15) is 23.6 Å². The SMILES string of the molecule is CC[C@@H](C)C(=O)N[C@H]1COc2ccccc2N(Cc2c(Cl)n(Cc3ccccc3)c3ccccc23)C1=O. The van der Waals surface area contributed by atoms with Crippen LogP contribution in [-0.2, 0) is 22.7 Å². The highest BCUT2D eigenvalue weighted by atomic mass is 35.5. The highest BCUT2D eigenvalue weighted by Gasteiger charge is 2.34. The summed E-state index contributed by atoms with van der Waals surface area (Å²) in [6.45, 7) is 4.73. The van der Waals surface area contributed by atoms with Gasteiger partial charge in [0.25, 0.3) is 5.91 Å². The zero-order valence-electron chi connectivity index (χ0n) is 21.0. The molecule has 0 bridgehead atoms. The number of nitrogens with one attached hydrogen (secondary N) is 1. The van der Waals surface area contributed by atoms with E-state index in [1.54, 1.807) is 4.90 Å². The van der Waals surface area contributed by atoms with Crippen molar-refractivity contribution in [3.8, 4) is 5.75 Å². The number of benzene rings is 3. The predicted octanol–water partition coefficient (Wildman–Crippen LogP) is 5.80. The molecule has 37 heavy (non-hydrogen) atoms. The molecule has 0 saturated heterocycles. The second-order valence-corrected chi connectivity index (χ2v) is 9.79. The van der Waals surface area contributed by atoms with Crippen molar-refractivity contribution in [2.45, 2.75) is 39.4 Å². The van der Waals surface area contributed by atoms with E-state index in [1.807, 2.05) is 80.6 Å². The normalized spacial score (nSPS) is 16.1. The second-order valence-electron chi connectivity index (χ2n) is 9.43. The average molecular weight is 516 g/mol. The standard InChI is InChI=1S/C30H30ClN3O3/c1-3-20(2)29(35)32-24-19-37-27-16-10-9-15-26(27)34(30(24)36)18-23-22-13-7-8-14-25(22)33(28(23)31)17-21-11-5-4-6-12-21/h4-16,20,24H,3,17-19H2,1-2H3,(H,32,35)/t20-,24+/m1/s1. The molecule has 0 saturated carbocycles. The van der Waals surface area contributed by atoms with Gasteiger partial charge in [-0.2, -0.15) is 0 Å². The molecule has 0 fully saturated rings. The van der Waals surface area contributed by atoms with E-state index in [1.165, 1.54) is 0 Å². The summed E-state index contributed by atoms with van der Waals surface area (Å²) in [5.41, 5.74) is 3.64. The lowest BCUT2D eigenvalue weighted by Crippen LogP contribution is -2.51. The molecular weight excluding hydrogens is 486 g/mol. The fourth-order valence-electron chi connectivity index (χ4n) is 4.69. The number of amides is 2. The van der Waals surface area contributed by atoms with Gasteiger partial charge < -0.3 is 19.5 Å². The molecule has 2 amide bonds. The van der Waals surface area contributed by atoms with E-state index < -0.39 is 6.04 Å². The number of hydrogen-bond acceptors (Lipinski definition) is 3. The van der Waals surface area contributed by atoms with Crippen molar-refractivity contribution in [2.75, 3.05) is 11.5 Å². The lowest BCUT2D eigenvalue weighted by Gasteiger charge is -2.25. The molecule has 1 aromatic heterocycles. The van der Waals surface area contributed by atoms with Crippen LogP contribution in [0.15, 0.2) is 78.9 Å². The first-order valence-corrected chi connectivity index (χ1v) is 13.0. The molecule has 0 unspecified atom stereocenters. The van der Waals surface area contributed by atoms with Crippen LogP contribution in [0.2, 0.25) is 5.15 Å². The Morgan fingerprint density at radius 2 is 1.73 bits per heavy atom. The number of ether oxygens (including phenoxy) is 1. The first-order valence-electron chi connectivity index (χ1n) is 12.6. The molecule has 1 aliphatic rings. The Bertz CT molecular complexity index is 1430. The van der Waals surface area contributed by atoms with Crippen LogP contribution in [0.4, 0.5) is 5.69 Å². The maximum absolute atomic E-state index is 13.9. The van der Waals surface area contributed by atoms with Crippen LogP contribution in [0.1, 0.15) is 31.4 Å². The average Bonchev–Trinajstić information content (AvgIpc) is 3.11. The molecule has 6 nitrogen and oxygen atoms in total. The highest BCUT2D eigenvalue weighted by Crippen LogP contribution is 2.37. The molecule has 2 heterocycles. The van der Waals surface area contributed by atoms with Crippen molar-refractivity contribution in [1.29, 1.82) is 0 Å². The van der Waals surface area contributed by atoms with Crippen molar-refractivity contribution in [3.05, 3.63) is 95.1 Å². The zero-order valence-corrected chi connectivity index (χ0v) is 21.7. The van der Waals surface area contributed by atoms with Gasteiger partial charge in [-0.1, -0.05) is 86.1 Å². The van der Waals surface area contributed by atoms with Crippen molar-refractivity contribution in [3.63, 3.8) is 0 Å². The number of rotatable bonds is 7. The Morgan fingerprint density at radius 1 is 1.03 bits per heavy atom. The van der Waals surface area contributed by atoms with E-state index >= 15 is 0 Å². The number of para-hydroxylation sites is 3. The lowest BCUT2D eigenvalue weighted by atomic mass is 10.1. The van der Waals surface area contributed by atoms with Crippen LogP contribution in [-0.4, -0.2) is 29.0 Å². The molecule has 3 aromatic carbocycles. The van der Waals surface area contributed by atoms with Gasteiger partial charge in [0.15, 0.2) is 0 Å². The van der Waals surface area contributed by atoms with Crippen molar-refractivity contribution < 1.29 is 14.3 Å². The summed E-state index contributed by atoms with van der Waals surface area (Å²) in [5.74, 6) is 0.0167. The Kier molecular flexibility index (Phi) is 7.19. The molecule has 0 radical (unpaired) electrons. The van der Waals surface area contributed by atoms with Crippen LogP contribution >= 0.6 is 11.6 Å². The minimum atomic E-state index is -0.801. The fraction of sp³-hybridized carbons (Fsp3) is 0.267. The van der Waals surface area contributed by atoms with Gasteiger partial charge in [-0.15, -0.1) is 0 Å².